The lowest BCUT2D eigenvalue weighted by molar-refractivity contribution is -0.117. The van der Waals surface area contributed by atoms with Crippen LogP contribution in [0, 0.1) is 12.8 Å². The number of aromatic amines is 1. The van der Waals surface area contributed by atoms with Crippen LogP contribution in [-0.2, 0) is 4.79 Å². The van der Waals surface area contributed by atoms with Crippen molar-refractivity contribution in [3.8, 4) is 0 Å². The summed E-state index contributed by atoms with van der Waals surface area (Å²) in [6.45, 7) is 2.07. The van der Waals surface area contributed by atoms with E-state index in [0.29, 0.717) is 17.5 Å². The van der Waals surface area contributed by atoms with E-state index in [9.17, 15) is 4.79 Å². The highest BCUT2D eigenvalue weighted by Gasteiger charge is 2.44. The summed E-state index contributed by atoms with van der Waals surface area (Å²) < 4.78 is 0.869. The Balaban J connectivity index is 1.48. The summed E-state index contributed by atoms with van der Waals surface area (Å²) in [6.07, 6.45) is 2.57. The number of fused-ring (bicyclic) bond motifs is 1. The number of benzene rings is 1. The highest BCUT2D eigenvalue weighted by Crippen LogP contribution is 2.48. The number of hydrogen-bond donors (Lipinski definition) is 2. The molecule has 0 spiro atoms. The van der Waals surface area contributed by atoms with E-state index in [0.717, 1.165) is 16.4 Å². The summed E-state index contributed by atoms with van der Waals surface area (Å²) in [6, 6.07) is 10.2. The van der Waals surface area contributed by atoms with Crippen LogP contribution in [0.2, 0.25) is 0 Å². The Kier molecular flexibility index (Phi) is 3.41. The van der Waals surface area contributed by atoms with Crippen molar-refractivity contribution in [2.75, 3.05) is 5.32 Å². The summed E-state index contributed by atoms with van der Waals surface area (Å²) in [4.78, 5) is 24.0. The second-order valence-corrected chi connectivity index (χ2v) is 6.88. The number of amides is 1. The van der Waals surface area contributed by atoms with Crippen LogP contribution in [0.25, 0.3) is 11.2 Å². The molecule has 1 amide bonds. The summed E-state index contributed by atoms with van der Waals surface area (Å²) in [7, 11) is 0. The smallest absolute Gasteiger partial charge is 0.230 e. The van der Waals surface area contributed by atoms with Crippen molar-refractivity contribution in [2.45, 2.75) is 19.3 Å². The average molecular weight is 371 g/mol. The molecule has 1 fully saturated rings. The number of nitrogens with zero attached hydrogens (tertiary/aromatic N) is 2. The van der Waals surface area contributed by atoms with E-state index in [1.807, 2.05) is 12.1 Å². The zero-order valence-corrected chi connectivity index (χ0v) is 14.1. The van der Waals surface area contributed by atoms with E-state index < -0.39 is 0 Å². The van der Waals surface area contributed by atoms with E-state index in [1.165, 1.54) is 11.1 Å². The highest BCUT2D eigenvalue weighted by molar-refractivity contribution is 9.10. The number of halogens is 1. The van der Waals surface area contributed by atoms with E-state index in [2.05, 4.69) is 61.3 Å². The van der Waals surface area contributed by atoms with Gasteiger partial charge < -0.3 is 4.98 Å². The lowest BCUT2D eigenvalue weighted by Crippen LogP contribution is -2.15. The average Bonchev–Trinajstić information content (AvgIpc) is 3.22. The molecule has 1 saturated carbocycles. The molecule has 2 aromatic heterocycles. The molecule has 3 aromatic rings. The Morgan fingerprint density at radius 1 is 1.39 bits per heavy atom. The number of aromatic nitrogens is 3. The zero-order chi connectivity index (χ0) is 16.0. The number of nitrogens with one attached hydrogen (secondary N) is 2. The number of pyridine rings is 1. The number of carbonyl (C=O) groups is 1. The summed E-state index contributed by atoms with van der Waals surface area (Å²) >= 11 is 3.37. The lowest BCUT2D eigenvalue weighted by Gasteiger charge is -2.02. The quantitative estimate of drug-likeness (QED) is 0.736. The Labute approximate surface area is 141 Å². The fourth-order valence-electron chi connectivity index (χ4n) is 2.90. The predicted molar refractivity (Wildman–Crippen MR) is 92.2 cm³/mol. The van der Waals surface area contributed by atoms with Gasteiger partial charge >= 0.3 is 0 Å². The van der Waals surface area contributed by atoms with E-state index >= 15 is 0 Å². The summed E-state index contributed by atoms with van der Waals surface area (Å²) in [5, 5.41) is 2.87. The van der Waals surface area contributed by atoms with Gasteiger partial charge in [0, 0.05) is 16.6 Å². The van der Waals surface area contributed by atoms with Crippen molar-refractivity contribution in [2.24, 2.45) is 5.92 Å². The van der Waals surface area contributed by atoms with Crippen LogP contribution in [0.3, 0.4) is 0 Å². The Hall–Kier alpha value is -2.21. The largest absolute Gasteiger partial charge is 0.322 e. The maximum atomic E-state index is 12.4. The first-order valence-electron chi connectivity index (χ1n) is 7.49. The number of carbonyl (C=O) groups excluding carboxylic acids is 1. The van der Waals surface area contributed by atoms with Crippen molar-refractivity contribution < 1.29 is 4.79 Å². The third-order valence-corrected chi connectivity index (χ3v) is 4.58. The fourth-order valence-corrected chi connectivity index (χ4v) is 3.23. The maximum absolute atomic E-state index is 12.4. The molecule has 4 rings (SSSR count). The molecular formula is C17H15BrN4O. The molecule has 0 unspecified atom stereocenters. The van der Waals surface area contributed by atoms with Crippen LogP contribution in [0.1, 0.15) is 23.5 Å². The summed E-state index contributed by atoms with van der Waals surface area (Å²) in [5.74, 6) is 0.788. The van der Waals surface area contributed by atoms with Gasteiger partial charge in [-0.1, -0.05) is 29.8 Å². The minimum atomic E-state index is 0.00891. The Morgan fingerprint density at radius 2 is 2.26 bits per heavy atom. The fraction of sp³-hybridized carbons (Fsp3) is 0.235. The SMILES string of the molecule is Cc1cccc([C@H]2C[C@@H]2C(=O)Nc2nc3ncc(Br)cc3[nH]2)c1. The van der Waals surface area contributed by atoms with E-state index in [1.54, 1.807) is 6.20 Å². The Bertz CT molecular complexity index is 904. The lowest BCUT2D eigenvalue weighted by atomic mass is 10.1. The third kappa shape index (κ3) is 2.86. The van der Waals surface area contributed by atoms with E-state index in [-0.39, 0.29) is 11.8 Å². The van der Waals surface area contributed by atoms with Gasteiger partial charge in [-0.25, -0.2) is 4.98 Å². The van der Waals surface area contributed by atoms with Gasteiger partial charge in [0.2, 0.25) is 11.9 Å². The highest BCUT2D eigenvalue weighted by atomic mass is 79.9. The van der Waals surface area contributed by atoms with Crippen LogP contribution < -0.4 is 5.32 Å². The maximum Gasteiger partial charge on any atom is 0.230 e. The summed E-state index contributed by atoms with van der Waals surface area (Å²) in [5.41, 5.74) is 3.85. The molecule has 0 bridgehead atoms. The first-order valence-corrected chi connectivity index (χ1v) is 8.28. The molecule has 23 heavy (non-hydrogen) atoms. The van der Waals surface area contributed by atoms with Crippen molar-refractivity contribution >= 4 is 38.9 Å². The number of imidazole rings is 1. The van der Waals surface area contributed by atoms with Crippen LogP contribution >= 0.6 is 15.9 Å². The molecule has 1 aromatic carbocycles. The molecule has 1 aliphatic rings. The van der Waals surface area contributed by atoms with Crippen LogP contribution in [0.5, 0.6) is 0 Å². The molecule has 0 saturated heterocycles. The second kappa shape index (κ2) is 5.45. The monoisotopic (exact) mass is 370 g/mol. The van der Waals surface area contributed by atoms with Gasteiger partial charge in [-0.05, 0) is 46.8 Å². The van der Waals surface area contributed by atoms with Crippen molar-refractivity contribution in [1.29, 1.82) is 0 Å². The van der Waals surface area contributed by atoms with Crippen molar-refractivity contribution in [3.63, 3.8) is 0 Å². The standard InChI is InChI=1S/C17H15BrN4O/c1-9-3-2-4-10(5-9)12-7-13(12)16(23)22-17-20-14-6-11(18)8-19-15(14)21-17/h2-6,8,12-13H,7H2,1H3,(H2,19,20,21,22,23)/t12-,13+/m1/s1. The molecule has 6 heteroatoms. The minimum Gasteiger partial charge on any atom is -0.322 e. The zero-order valence-electron chi connectivity index (χ0n) is 12.5. The molecule has 2 heterocycles. The first kappa shape index (κ1) is 14.4. The predicted octanol–water partition coefficient (Wildman–Crippen LogP) is 3.77. The number of hydrogen-bond acceptors (Lipinski definition) is 3. The topological polar surface area (TPSA) is 70.7 Å². The van der Waals surface area contributed by atoms with Crippen LogP contribution in [-0.4, -0.2) is 20.9 Å². The van der Waals surface area contributed by atoms with Crippen molar-refractivity contribution in [3.05, 3.63) is 52.1 Å². The van der Waals surface area contributed by atoms with Gasteiger partial charge in [0.25, 0.3) is 0 Å². The molecule has 0 aliphatic heterocycles. The second-order valence-electron chi connectivity index (χ2n) is 5.96. The van der Waals surface area contributed by atoms with Crippen molar-refractivity contribution in [1.82, 2.24) is 15.0 Å². The van der Waals surface area contributed by atoms with Gasteiger partial charge in [-0.2, -0.15) is 4.98 Å². The minimum absolute atomic E-state index is 0.00891. The molecular weight excluding hydrogens is 356 g/mol. The van der Waals surface area contributed by atoms with Gasteiger partial charge in [0.1, 0.15) is 0 Å². The number of anilines is 1. The Morgan fingerprint density at radius 3 is 3.09 bits per heavy atom. The third-order valence-electron chi connectivity index (χ3n) is 4.14. The van der Waals surface area contributed by atoms with Gasteiger partial charge in [-0.3, -0.25) is 10.1 Å². The molecule has 2 N–H and O–H groups in total. The molecule has 116 valence electrons. The molecule has 2 atom stereocenters. The van der Waals surface area contributed by atoms with Crippen LogP contribution in [0.4, 0.5) is 5.95 Å². The van der Waals surface area contributed by atoms with E-state index in [4.69, 9.17) is 0 Å². The van der Waals surface area contributed by atoms with Crippen LogP contribution in [0.15, 0.2) is 41.0 Å². The molecule has 5 nitrogen and oxygen atoms in total. The number of H-pyrrole nitrogens is 1. The molecule has 1 aliphatic carbocycles. The molecule has 0 radical (unpaired) electrons. The normalized spacial score (nSPS) is 19.7. The first-order chi connectivity index (χ1) is 11.1. The van der Waals surface area contributed by atoms with Gasteiger partial charge in [-0.15, -0.1) is 0 Å². The number of aryl methyl sites for hydroxylation is 1. The van der Waals surface area contributed by atoms with Gasteiger partial charge in [0.15, 0.2) is 5.65 Å². The number of rotatable bonds is 3. The van der Waals surface area contributed by atoms with Gasteiger partial charge in [0.05, 0.1) is 5.52 Å².